The fourth-order valence-electron chi connectivity index (χ4n) is 6.19. The van der Waals surface area contributed by atoms with Crippen LogP contribution in [0.3, 0.4) is 0 Å². The second-order valence-electron chi connectivity index (χ2n) is 11.1. The highest BCUT2D eigenvalue weighted by molar-refractivity contribution is 5.89. The molecule has 0 unspecified atom stereocenters. The maximum absolute atomic E-state index is 5.27. The van der Waals surface area contributed by atoms with Gasteiger partial charge in [-0.05, 0) is 75.1 Å². The van der Waals surface area contributed by atoms with Gasteiger partial charge in [0.25, 0.3) is 0 Å². The molecule has 0 bridgehead atoms. The minimum absolute atomic E-state index is 0.363. The third-order valence-electron chi connectivity index (χ3n) is 8.26. The first kappa shape index (κ1) is 20.8. The summed E-state index contributed by atoms with van der Waals surface area (Å²) < 4.78 is 1.89. The number of pyridine rings is 2. The van der Waals surface area contributed by atoms with Crippen molar-refractivity contribution in [1.29, 1.82) is 0 Å². The van der Waals surface area contributed by atoms with E-state index in [1.54, 1.807) is 6.33 Å². The van der Waals surface area contributed by atoms with Gasteiger partial charge in [0.2, 0.25) is 0 Å². The van der Waals surface area contributed by atoms with Crippen molar-refractivity contribution in [3.8, 4) is 11.3 Å². The predicted octanol–water partition coefficient (Wildman–Crippen LogP) is 5.60. The van der Waals surface area contributed by atoms with E-state index in [0.29, 0.717) is 23.3 Å². The maximum Gasteiger partial charge on any atom is 0.158 e. The molecule has 1 N–H and O–H groups in total. The standard InChI is InChI=1S/C27H34N6/c1-15(2)23-24(20-11-33-26(28-14-29-33)18(6)17(20)5)31-22-8-7-21(30-25(22)23)19-9-27(10-19)12-32(13-27)16(3)4/h7-8,11,14-16,19,31H,9-10,12-13H2,1-6H3. The van der Waals surface area contributed by atoms with Crippen molar-refractivity contribution in [3.05, 3.63) is 47.0 Å². The Morgan fingerprint density at radius 1 is 1.06 bits per heavy atom. The molecule has 4 aromatic rings. The molecule has 5 heterocycles. The van der Waals surface area contributed by atoms with Gasteiger partial charge in [0.15, 0.2) is 5.65 Å². The Labute approximate surface area is 195 Å². The molecule has 6 nitrogen and oxygen atoms in total. The number of H-pyrrole nitrogens is 1. The Kier molecular flexibility index (Phi) is 4.51. The average Bonchev–Trinajstić information content (AvgIpc) is 3.32. The lowest BCUT2D eigenvalue weighted by atomic mass is 9.56. The number of fused-ring (bicyclic) bond motifs is 2. The van der Waals surface area contributed by atoms with Crippen LogP contribution in [0, 0.1) is 19.3 Å². The Hall–Kier alpha value is -2.73. The van der Waals surface area contributed by atoms with E-state index < -0.39 is 0 Å². The van der Waals surface area contributed by atoms with E-state index in [2.05, 4.69) is 79.8 Å². The summed E-state index contributed by atoms with van der Waals surface area (Å²) in [6.45, 7) is 16.0. The van der Waals surface area contributed by atoms with Gasteiger partial charge in [-0.3, -0.25) is 9.88 Å². The highest BCUT2D eigenvalue weighted by atomic mass is 15.3. The van der Waals surface area contributed by atoms with Gasteiger partial charge in [-0.25, -0.2) is 9.50 Å². The van der Waals surface area contributed by atoms with Crippen LogP contribution >= 0.6 is 0 Å². The lowest BCUT2D eigenvalue weighted by Crippen LogP contribution is -2.63. The van der Waals surface area contributed by atoms with Gasteiger partial charge in [0.1, 0.15) is 6.33 Å². The zero-order chi connectivity index (χ0) is 23.1. The molecule has 0 radical (unpaired) electrons. The number of nitrogens with one attached hydrogen (secondary N) is 1. The van der Waals surface area contributed by atoms with Crippen molar-refractivity contribution in [2.24, 2.45) is 5.41 Å². The number of rotatable bonds is 4. The van der Waals surface area contributed by atoms with E-state index in [9.17, 15) is 0 Å². The summed E-state index contributed by atoms with van der Waals surface area (Å²) in [6.07, 6.45) is 6.30. The van der Waals surface area contributed by atoms with Crippen LogP contribution in [0.25, 0.3) is 27.9 Å². The van der Waals surface area contributed by atoms with Crippen LogP contribution in [0.15, 0.2) is 24.7 Å². The van der Waals surface area contributed by atoms with E-state index in [4.69, 9.17) is 4.98 Å². The summed E-state index contributed by atoms with van der Waals surface area (Å²) in [5.41, 5.74) is 11.1. The number of hydrogen-bond donors (Lipinski definition) is 1. The van der Waals surface area contributed by atoms with Crippen LogP contribution in [0.5, 0.6) is 0 Å². The molecule has 4 aromatic heterocycles. The van der Waals surface area contributed by atoms with Crippen LogP contribution < -0.4 is 0 Å². The van der Waals surface area contributed by atoms with Gasteiger partial charge in [-0.1, -0.05) is 13.8 Å². The number of aromatic amines is 1. The van der Waals surface area contributed by atoms with E-state index >= 15 is 0 Å². The summed E-state index contributed by atoms with van der Waals surface area (Å²) in [7, 11) is 0. The third-order valence-corrected chi connectivity index (χ3v) is 8.26. The van der Waals surface area contributed by atoms with E-state index in [1.807, 2.05) is 4.52 Å². The first-order chi connectivity index (χ1) is 15.8. The topological polar surface area (TPSA) is 62.1 Å². The maximum atomic E-state index is 5.27. The van der Waals surface area contributed by atoms with Crippen LogP contribution in [-0.4, -0.2) is 48.6 Å². The van der Waals surface area contributed by atoms with Crippen molar-refractivity contribution >= 4 is 16.7 Å². The molecule has 2 fully saturated rings. The Bertz CT molecular complexity index is 1360. The minimum Gasteiger partial charge on any atom is -0.353 e. The zero-order valence-electron chi connectivity index (χ0n) is 20.6. The first-order valence-corrected chi connectivity index (χ1v) is 12.3. The number of likely N-dealkylation sites (tertiary alicyclic amines) is 1. The molecular weight excluding hydrogens is 408 g/mol. The summed E-state index contributed by atoms with van der Waals surface area (Å²) in [5, 5.41) is 4.41. The summed E-state index contributed by atoms with van der Waals surface area (Å²) >= 11 is 0. The summed E-state index contributed by atoms with van der Waals surface area (Å²) in [5.74, 6) is 0.958. The van der Waals surface area contributed by atoms with Crippen molar-refractivity contribution < 1.29 is 0 Å². The van der Waals surface area contributed by atoms with Crippen LogP contribution in [0.4, 0.5) is 0 Å². The van der Waals surface area contributed by atoms with Crippen LogP contribution in [-0.2, 0) is 0 Å². The van der Waals surface area contributed by atoms with Crippen molar-refractivity contribution in [1.82, 2.24) is 29.5 Å². The van der Waals surface area contributed by atoms with Gasteiger partial charge in [0, 0.05) is 48.1 Å². The van der Waals surface area contributed by atoms with Crippen LogP contribution in [0.2, 0.25) is 0 Å². The largest absolute Gasteiger partial charge is 0.353 e. The predicted molar refractivity (Wildman–Crippen MR) is 133 cm³/mol. The summed E-state index contributed by atoms with van der Waals surface area (Å²) in [6, 6.07) is 5.16. The number of hydrogen-bond acceptors (Lipinski definition) is 4. The van der Waals surface area contributed by atoms with Gasteiger partial charge >= 0.3 is 0 Å². The molecule has 33 heavy (non-hydrogen) atoms. The fraction of sp³-hybridized carbons (Fsp3) is 0.519. The van der Waals surface area contributed by atoms with Gasteiger partial charge in [-0.2, -0.15) is 5.10 Å². The molecular formula is C27H34N6. The summed E-state index contributed by atoms with van der Waals surface area (Å²) in [4.78, 5) is 16.0. The second kappa shape index (κ2) is 7.13. The molecule has 1 aliphatic carbocycles. The normalized spacial score (nSPS) is 18.7. The molecule has 1 spiro atoms. The number of nitrogens with zero attached hydrogens (tertiary/aromatic N) is 5. The van der Waals surface area contributed by atoms with E-state index in [0.717, 1.165) is 16.7 Å². The number of aromatic nitrogens is 5. The number of aryl methyl sites for hydroxylation is 1. The molecule has 1 saturated heterocycles. The molecule has 6 heteroatoms. The quantitative estimate of drug-likeness (QED) is 0.447. The lowest BCUT2D eigenvalue weighted by Gasteiger charge is -2.60. The smallest absolute Gasteiger partial charge is 0.158 e. The molecule has 1 aliphatic heterocycles. The zero-order valence-corrected chi connectivity index (χ0v) is 20.6. The SMILES string of the molecule is Cc1c(-c2[nH]c3ccc(C4CC5(C4)CN(C(C)C)C5)nc3c2C(C)C)cn2ncnc2c1C. The molecule has 1 saturated carbocycles. The van der Waals surface area contributed by atoms with Crippen molar-refractivity contribution in [3.63, 3.8) is 0 Å². The van der Waals surface area contributed by atoms with E-state index in [-0.39, 0.29) is 0 Å². The highest BCUT2D eigenvalue weighted by Crippen LogP contribution is 2.56. The molecule has 0 amide bonds. The van der Waals surface area contributed by atoms with Gasteiger partial charge < -0.3 is 4.98 Å². The fourth-order valence-corrected chi connectivity index (χ4v) is 6.19. The minimum atomic E-state index is 0.363. The molecule has 172 valence electrons. The van der Waals surface area contributed by atoms with Crippen molar-refractivity contribution in [2.45, 2.75) is 72.3 Å². The molecule has 0 atom stereocenters. The highest BCUT2D eigenvalue weighted by Gasteiger charge is 2.53. The Morgan fingerprint density at radius 3 is 2.52 bits per heavy atom. The van der Waals surface area contributed by atoms with E-state index in [1.165, 1.54) is 59.6 Å². The first-order valence-electron chi connectivity index (χ1n) is 12.3. The van der Waals surface area contributed by atoms with Gasteiger partial charge in [-0.15, -0.1) is 0 Å². The van der Waals surface area contributed by atoms with Crippen LogP contribution in [0.1, 0.15) is 74.8 Å². The Balaban J connectivity index is 1.38. The van der Waals surface area contributed by atoms with Crippen molar-refractivity contribution in [2.75, 3.05) is 13.1 Å². The molecule has 0 aromatic carbocycles. The monoisotopic (exact) mass is 442 g/mol. The molecule has 6 rings (SSSR count). The third kappa shape index (κ3) is 3.07. The lowest BCUT2D eigenvalue weighted by molar-refractivity contribution is -0.0885. The second-order valence-corrected chi connectivity index (χ2v) is 11.1. The van der Waals surface area contributed by atoms with Gasteiger partial charge in [0.05, 0.1) is 16.7 Å². The average molecular weight is 443 g/mol. The Morgan fingerprint density at radius 2 is 1.82 bits per heavy atom. The molecule has 2 aliphatic rings.